The molecule has 2 aromatic rings. The summed E-state index contributed by atoms with van der Waals surface area (Å²) < 4.78 is 7.61. The van der Waals surface area contributed by atoms with E-state index in [0.717, 1.165) is 37.4 Å². The Morgan fingerprint density at radius 1 is 1.50 bits per heavy atom. The van der Waals surface area contributed by atoms with Gasteiger partial charge in [-0.2, -0.15) is 0 Å². The minimum atomic E-state index is 0.120. The maximum atomic E-state index is 6.01. The van der Waals surface area contributed by atoms with Gasteiger partial charge >= 0.3 is 0 Å². The van der Waals surface area contributed by atoms with E-state index < -0.39 is 0 Å². The molecule has 2 aromatic heterocycles. The van der Waals surface area contributed by atoms with Gasteiger partial charge in [0.1, 0.15) is 5.65 Å². The van der Waals surface area contributed by atoms with Crippen molar-refractivity contribution in [2.75, 3.05) is 25.1 Å². The van der Waals surface area contributed by atoms with Gasteiger partial charge in [0.25, 0.3) is 0 Å². The van der Waals surface area contributed by atoms with Crippen LogP contribution in [0.4, 0.5) is 5.82 Å². The summed E-state index contributed by atoms with van der Waals surface area (Å²) in [5.41, 5.74) is 8.20. The first kappa shape index (κ1) is 13.4. The molecule has 5 nitrogen and oxygen atoms in total. The Hall–Kier alpha value is -1.59. The van der Waals surface area contributed by atoms with Gasteiger partial charge in [-0.05, 0) is 25.5 Å². The van der Waals surface area contributed by atoms with Crippen molar-refractivity contribution in [2.24, 2.45) is 5.73 Å². The summed E-state index contributed by atoms with van der Waals surface area (Å²) in [7, 11) is 1.78. The van der Waals surface area contributed by atoms with Crippen molar-refractivity contribution in [3.8, 4) is 0 Å². The van der Waals surface area contributed by atoms with Gasteiger partial charge in [0.2, 0.25) is 0 Å². The van der Waals surface area contributed by atoms with Crippen LogP contribution in [-0.4, -0.2) is 41.7 Å². The highest BCUT2D eigenvalue weighted by Gasteiger charge is 2.27. The van der Waals surface area contributed by atoms with E-state index in [1.807, 2.05) is 25.1 Å². The van der Waals surface area contributed by atoms with Crippen LogP contribution in [0, 0.1) is 0 Å². The van der Waals surface area contributed by atoms with Crippen molar-refractivity contribution >= 4 is 11.5 Å². The third kappa shape index (κ3) is 2.39. The topological polar surface area (TPSA) is 55.8 Å². The zero-order chi connectivity index (χ0) is 14.1. The first-order valence-corrected chi connectivity index (χ1v) is 7.18. The second-order valence-electron chi connectivity index (χ2n) is 5.58. The molecule has 0 radical (unpaired) electrons. The molecule has 1 aliphatic heterocycles. The zero-order valence-corrected chi connectivity index (χ0v) is 12.1. The first-order chi connectivity index (χ1) is 9.69. The fraction of sp³-hybridized carbons (Fsp3) is 0.533. The summed E-state index contributed by atoms with van der Waals surface area (Å²) in [6.45, 7) is 3.94. The molecule has 2 N–H and O–H groups in total. The number of ether oxygens (including phenoxy) is 1. The van der Waals surface area contributed by atoms with Gasteiger partial charge in [-0.3, -0.25) is 0 Å². The molecule has 1 saturated heterocycles. The van der Waals surface area contributed by atoms with Crippen LogP contribution in [0.25, 0.3) is 5.65 Å². The molecule has 3 heterocycles. The summed E-state index contributed by atoms with van der Waals surface area (Å²) >= 11 is 0. The molecule has 0 bridgehead atoms. The highest BCUT2D eigenvalue weighted by atomic mass is 16.5. The van der Waals surface area contributed by atoms with E-state index in [0.29, 0.717) is 6.10 Å². The normalized spacial score (nSPS) is 20.8. The predicted octanol–water partition coefficient (Wildman–Crippen LogP) is 1.45. The Bertz CT molecular complexity index is 593. The fourth-order valence-corrected chi connectivity index (χ4v) is 2.90. The summed E-state index contributed by atoms with van der Waals surface area (Å²) in [5, 5.41) is 0. The van der Waals surface area contributed by atoms with Crippen LogP contribution in [0.3, 0.4) is 0 Å². The number of methoxy groups -OCH3 is 1. The number of hydrogen-bond acceptors (Lipinski definition) is 4. The molecule has 0 saturated carbocycles. The van der Waals surface area contributed by atoms with Crippen LogP contribution in [0.15, 0.2) is 24.4 Å². The lowest BCUT2D eigenvalue weighted by molar-refractivity contribution is 0.121. The van der Waals surface area contributed by atoms with E-state index in [9.17, 15) is 0 Å². The van der Waals surface area contributed by atoms with Gasteiger partial charge in [-0.15, -0.1) is 0 Å². The Morgan fingerprint density at radius 3 is 3.05 bits per heavy atom. The number of pyridine rings is 1. The predicted molar refractivity (Wildman–Crippen MR) is 80.2 cm³/mol. The number of nitrogens with zero attached hydrogens (tertiary/aromatic N) is 3. The number of anilines is 1. The van der Waals surface area contributed by atoms with Crippen molar-refractivity contribution < 1.29 is 4.74 Å². The van der Waals surface area contributed by atoms with E-state index in [1.165, 1.54) is 5.69 Å². The number of hydrogen-bond donors (Lipinski definition) is 1. The molecular formula is C15H22N4O. The van der Waals surface area contributed by atoms with Crippen molar-refractivity contribution in [3.05, 3.63) is 30.1 Å². The van der Waals surface area contributed by atoms with Crippen LogP contribution < -0.4 is 10.6 Å². The Kier molecular flexibility index (Phi) is 3.63. The molecule has 1 fully saturated rings. The average Bonchev–Trinajstić information content (AvgIpc) is 3.03. The molecule has 0 amide bonds. The molecule has 2 atom stereocenters. The molecule has 0 aromatic carbocycles. The smallest absolute Gasteiger partial charge is 0.151 e. The van der Waals surface area contributed by atoms with E-state index in [1.54, 1.807) is 7.11 Å². The van der Waals surface area contributed by atoms with Crippen LogP contribution in [0.1, 0.15) is 19.0 Å². The molecule has 2 unspecified atom stereocenters. The van der Waals surface area contributed by atoms with E-state index in [4.69, 9.17) is 15.5 Å². The summed E-state index contributed by atoms with van der Waals surface area (Å²) in [4.78, 5) is 7.11. The number of fused-ring (bicyclic) bond motifs is 1. The summed E-state index contributed by atoms with van der Waals surface area (Å²) in [6.07, 6.45) is 4.26. The van der Waals surface area contributed by atoms with Crippen LogP contribution in [0.5, 0.6) is 0 Å². The van der Waals surface area contributed by atoms with E-state index >= 15 is 0 Å². The standard InChI is InChI=1S/C15H22N4O/c1-11(16)9-13-15(18-8-6-12(10-18)20-2)17-14-5-3-4-7-19(13)14/h3-5,7,11-12H,6,8-10,16H2,1-2H3. The van der Waals surface area contributed by atoms with Gasteiger partial charge in [0, 0.05) is 38.9 Å². The number of aromatic nitrogens is 2. The highest BCUT2D eigenvalue weighted by molar-refractivity contribution is 5.56. The third-order valence-electron chi connectivity index (χ3n) is 3.90. The Labute approximate surface area is 119 Å². The average molecular weight is 274 g/mol. The highest BCUT2D eigenvalue weighted by Crippen LogP contribution is 2.27. The van der Waals surface area contributed by atoms with Crippen molar-refractivity contribution in [1.82, 2.24) is 9.38 Å². The third-order valence-corrected chi connectivity index (χ3v) is 3.90. The molecule has 1 aliphatic rings. The second-order valence-corrected chi connectivity index (χ2v) is 5.58. The Balaban J connectivity index is 2.00. The lowest BCUT2D eigenvalue weighted by atomic mass is 10.2. The largest absolute Gasteiger partial charge is 0.380 e. The van der Waals surface area contributed by atoms with Gasteiger partial charge < -0.3 is 19.8 Å². The Morgan fingerprint density at radius 2 is 2.35 bits per heavy atom. The maximum Gasteiger partial charge on any atom is 0.151 e. The van der Waals surface area contributed by atoms with E-state index in [2.05, 4.69) is 15.5 Å². The molecule has 0 aliphatic carbocycles. The quantitative estimate of drug-likeness (QED) is 0.917. The SMILES string of the molecule is COC1CCN(c2nc3ccccn3c2CC(C)N)C1. The molecule has 20 heavy (non-hydrogen) atoms. The lowest BCUT2D eigenvalue weighted by Crippen LogP contribution is -2.25. The van der Waals surface area contributed by atoms with Crippen LogP contribution in [0.2, 0.25) is 0 Å². The van der Waals surface area contributed by atoms with Crippen LogP contribution >= 0.6 is 0 Å². The monoisotopic (exact) mass is 274 g/mol. The summed E-state index contributed by atoms with van der Waals surface area (Å²) in [5.74, 6) is 1.06. The van der Waals surface area contributed by atoms with Gasteiger partial charge in [0.15, 0.2) is 5.82 Å². The van der Waals surface area contributed by atoms with Gasteiger partial charge in [-0.1, -0.05) is 6.07 Å². The number of rotatable bonds is 4. The van der Waals surface area contributed by atoms with Crippen molar-refractivity contribution in [3.63, 3.8) is 0 Å². The number of nitrogens with two attached hydrogens (primary N) is 1. The fourth-order valence-electron chi connectivity index (χ4n) is 2.90. The molecular weight excluding hydrogens is 252 g/mol. The molecule has 5 heteroatoms. The maximum absolute atomic E-state index is 6.01. The first-order valence-electron chi connectivity index (χ1n) is 7.18. The lowest BCUT2D eigenvalue weighted by Gasteiger charge is -2.18. The van der Waals surface area contributed by atoms with Gasteiger partial charge in [0.05, 0.1) is 11.8 Å². The molecule has 0 spiro atoms. The minimum absolute atomic E-state index is 0.120. The van der Waals surface area contributed by atoms with Gasteiger partial charge in [-0.25, -0.2) is 4.98 Å². The molecule has 3 rings (SSSR count). The molecule has 108 valence electrons. The second kappa shape index (κ2) is 5.42. The zero-order valence-electron chi connectivity index (χ0n) is 12.1. The van der Waals surface area contributed by atoms with Crippen molar-refractivity contribution in [1.29, 1.82) is 0 Å². The minimum Gasteiger partial charge on any atom is -0.380 e. The summed E-state index contributed by atoms with van der Waals surface area (Å²) in [6, 6.07) is 6.21. The van der Waals surface area contributed by atoms with E-state index in [-0.39, 0.29) is 6.04 Å². The van der Waals surface area contributed by atoms with Crippen LogP contribution in [-0.2, 0) is 11.2 Å². The number of imidazole rings is 1. The van der Waals surface area contributed by atoms with Crippen molar-refractivity contribution in [2.45, 2.75) is 31.9 Å².